The van der Waals surface area contributed by atoms with Gasteiger partial charge in [-0.25, -0.2) is 13.1 Å². The molecule has 1 aliphatic heterocycles. The number of nitrogens with zero attached hydrogens (tertiary/aromatic N) is 1. The van der Waals surface area contributed by atoms with Crippen LogP contribution in [0.15, 0.2) is 29.2 Å². The summed E-state index contributed by atoms with van der Waals surface area (Å²) >= 11 is 0. The van der Waals surface area contributed by atoms with Crippen molar-refractivity contribution in [3.8, 4) is 0 Å². The third kappa shape index (κ3) is 5.60. The van der Waals surface area contributed by atoms with E-state index >= 15 is 0 Å². The number of rotatable bonds is 7. The summed E-state index contributed by atoms with van der Waals surface area (Å²) in [6.45, 7) is 6.81. The Morgan fingerprint density at radius 1 is 1.13 bits per heavy atom. The third-order valence-corrected chi connectivity index (χ3v) is 7.47. The first-order valence-corrected chi connectivity index (χ1v) is 12.2. The van der Waals surface area contributed by atoms with Gasteiger partial charge < -0.3 is 10.2 Å². The van der Waals surface area contributed by atoms with Crippen LogP contribution in [0.4, 0.5) is 0 Å². The van der Waals surface area contributed by atoms with Gasteiger partial charge >= 0.3 is 0 Å². The van der Waals surface area contributed by atoms with Crippen LogP contribution in [-0.4, -0.2) is 49.8 Å². The van der Waals surface area contributed by atoms with E-state index in [1.54, 1.807) is 29.2 Å². The lowest BCUT2D eigenvalue weighted by molar-refractivity contribution is -0.132. The van der Waals surface area contributed by atoms with Crippen LogP contribution in [0, 0.1) is 5.92 Å². The van der Waals surface area contributed by atoms with E-state index < -0.39 is 10.0 Å². The highest BCUT2D eigenvalue weighted by Gasteiger charge is 2.39. The maximum Gasteiger partial charge on any atom is 0.240 e. The largest absolute Gasteiger partial charge is 0.355 e. The molecule has 2 fully saturated rings. The topological polar surface area (TPSA) is 95.6 Å². The molecular weight excluding hydrogens is 402 g/mol. The predicted molar refractivity (Wildman–Crippen MR) is 115 cm³/mol. The van der Waals surface area contributed by atoms with Gasteiger partial charge in [0, 0.05) is 31.1 Å². The zero-order valence-corrected chi connectivity index (χ0v) is 18.9. The van der Waals surface area contributed by atoms with Crippen LogP contribution >= 0.6 is 0 Å². The maximum atomic E-state index is 12.5. The molecule has 1 saturated heterocycles. The molecule has 1 unspecified atom stereocenters. The quantitative estimate of drug-likeness (QED) is 0.686. The Morgan fingerprint density at radius 2 is 1.77 bits per heavy atom. The van der Waals surface area contributed by atoms with E-state index in [1.807, 2.05) is 20.8 Å². The second-order valence-corrected chi connectivity index (χ2v) is 11.1. The van der Waals surface area contributed by atoms with Crippen LogP contribution in [0.1, 0.15) is 58.4 Å². The van der Waals surface area contributed by atoms with Crippen molar-refractivity contribution >= 4 is 21.8 Å². The van der Waals surface area contributed by atoms with E-state index in [1.165, 1.54) is 0 Å². The van der Waals surface area contributed by atoms with E-state index in [0.717, 1.165) is 31.2 Å². The minimum atomic E-state index is -3.48. The molecule has 30 heavy (non-hydrogen) atoms. The zero-order chi connectivity index (χ0) is 21.9. The molecule has 1 aliphatic carbocycles. The van der Waals surface area contributed by atoms with E-state index in [9.17, 15) is 18.0 Å². The van der Waals surface area contributed by atoms with Crippen molar-refractivity contribution < 1.29 is 18.0 Å². The van der Waals surface area contributed by atoms with Crippen molar-refractivity contribution in [2.24, 2.45) is 5.92 Å². The standard InChI is InChI=1S/C22H33N3O4S/c1-22(2,3)25-15-17(14-20(25)26)21(27)23-13-12-16-8-10-19(11-9-16)30(28,29)24-18-6-4-5-7-18/h8-11,17-18,24H,4-7,12-15H2,1-3H3,(H,23,27). The third-order valence-electron chi connectivity index (χ3n) is 5.93. The van der Waals surface area contributed by atoms with Gasteiger partial charge in [-0.05, 0) is 57.7 Å². The summed E-state index contributed by atoms with van der Waals surface area (Å²) in [5, 5.41) is 2.91. The molecule has 166 valence electrons. The summed E-state index contributed by atoms with van der Waals surface area (Å²) in [5.74, 6) is -0.397. The highest BCUT2D eigenvalue weighted by atomic mass is 32.2. The fraction of sp³-hybridized carbons (Fsp3) is 0.636. The van der Waals surface area contributed by atoms with Gasteiger partial charge in [-0.3, -0.25) is 9.59 Å². The molecule has 0 aromatic heterocycles. The number of sulfonamides is 1. The highest BCUT2D eigenvalue weighted by Crippen LogP contribution is 2.26. The monoisotopic (exact) mass is 435 g/mol. The zero-order valence-electron chi connectivity index (χ0n) is 18.1. The van der Waals surface area contributed by atoms with E-state index in [-0.39, 0.29) is 40.6 Å². The van der Waals surface area contributed by atoms with Crippen LogP contribution in [0.5, 0.6) is 0 Å². The number of benzene rings is 1. The molecule has 7 nitrogen and oxygen atoms in total. The van der Waals surface area contributed by atoms with Crippen LogP contribution in [0.3, 0.4) is 0 Å². The van der Waals surface area contributed by atoms with Gasteiger partial charge in [0.25, 0.3) is 0 Å². The SMILES string of the molecule is CC(C)(C)N1CC(C(=O)NCCc2ccc(S(=O)(=O)NC3CCCC3)cc2)CC1=O. The molecule has 0 radical (unpaired) electrons. The number of carbonyl (C=O) groups is 2. The van der Waals surface area contributed by atoms with Crippen LogP contribution in [0.25, 0.3) is 0 Å². The van der Waals surface area contributed by atoms with Gasteiger partial charge in [-0.1, -0.05) is 25.0 Å². The molecule has 1 aromatic rings. The van der Waals surface area contributed by atoms with Crippen molar-refractivity contribution in [1.29, 1.82) is 0 Å². The van der Waals surface area contributed by atoms with Gasteiger partial charge in [-0.2, -0.15) is 0 Å². The molecule has 2 amide bonds. The second-order valence-electron chi connectivity index (χ2n) is 9.36. The molecule has 0 spiro atoms. The molecular formula is C22H33N3O4S. The lowest BCUT2D eigenvalue weighted by Gasteiger charge is -2.31. The smallest absolute Gasteiger partial charge is 0.240 e. The van der Waals surface area contributed by atoms with E-state index in [0.29, 0.717) is 19.5 Å². The van der Waals surface area contributed by atoms with Gasteiger partial charge in [0.15, 0.2) is 0 Å². The number of nitrogens with one attached hydrogen (secondary N) is 2. The molecule has 2 N–H and O–H groups in total. The van der Waals surface area contributed by atoms with Crippen molar-refractivity contribution in [2.45, 2.75) is 75.8 Å². The van der Waals surface area contributed by atoms with Gasteiger partial charge in [-0.15, -0.1) is 0 Å². The lowest BCUT2D eigenvalue weighted by Crippen LogP contribution is -2.43. The van der Waals surface area contributed by atoms with Crippen molar-refractivity contribution in [3.63, 3.8) is 0 Å². The Hall–Kier alpha value is -1.93. The molecule has 1 heterocycles. The summed E-state index contributed by atoms with van der Waals surface area (Å²) in [6, 6.07) is 6.85. The van der Waals surface area contributed by atoms with Crippen molar-refractivity contribution in [2.75, 3.05) is 13.1 Å². The average Bonchev–Trinajstić information content (AvgIpc) is 3.31. The Kier molecular flexibility index (Phi) is 6.87. The molecule has 8 heteroatoms. The number of amides is 2. The summed E-state index contributed by atoms with van der Waals surface area (Å²) in [4.78, 5) is 26.6. The average molecular weight is 436 g/mol. The first-order chi connectivity index (χ1) is 14.1. The fourth-order valence-corrected chi connectivity index (χ4v) is 5.48. The summed E-state index contributed by atoms with van der Waals surface area (Å²) in [7, 11) is -3.48. The molecule has 1 aromatic carbocycles. The van der Waals surface area contributed by atoms with Crippen molar-refractivity contribution in [3.05, 3.63) is 29.8 Å². The number of hydrogen-bond donors (Lipinski definition) is 2. The molecule has 1 atom stereocenters. The molecule has 2 aliphatic rings. The summed E-state index contributed by atoms with van der Waals surface area (Å²) in [5.41, 5.74) is 0.676. The number of carbonyl (C=O) groups excluding carboxylic acids is 2. The normalized spacial score (nSPS) is 20.7. The minimum absolute atomic E-state index is 0.0191. The first-order valence-electron chi connectivity index (χ1n) is 10.8. The Bertz CT molecular complexity index is 869. The van der Waals surface area contributed by atoms with Gasteiger partial charge in [0.05, 0.1) is 10.8 Å². The summed E-state index contributed by atoms with van der Waals surface area (Å²) in [6.07, 6.45) is 4.80. The number of hydrogen-bond acceptors (Lipinski definition) is 4. The number of likely N-dealkylation sites (tertiary alicyclic amines) is 1. The predicted octanol–water partition coefficient (Wildman–Crippen LogP) is 2.21. The Morgan fingerprint density at radius 3 is 2.33 bits per heavy atom. The fourth-order valence-electron chi connectivity index (χ4n) is 4.17. The Labute approximate surface area is 179 Å². The van der Waals surface area contributed by atoms with E-state index in [4.69, 9.17) is 0 Å². The van der Waals surface area contributed by atoms with Crippen LogP contribution in [-0.2, 0) is 26.0 Å². The lowest BCUT2D eigenvalue weighted by atomic mass is 10.1. The molecule has 1 saturated carbocycles. The van der Waals surface area contributed by atoms with Crippen LogP contribution < -0.4 is 10.0 Å². The van der Waals surface area contributed by atoms with Gasteiger partial charge in [0.1, 0.15) is 0 Å². The summed E-state index contributed by atoms with van der Waals surface area (Å²) < 4.78 is 27.7. The maximum absolute atomic E-state index is 12.5. The minimum Gasteiger partial charge on any atom is -0.355 e. The molecule has 3 rings (SSSR count). The van der Waals surface area contributed by atoms with Crippen molar-refractivity contribution in [1.82, 2.24) is 14.9 Å². The first kappa shape index (κ1) is 22.7. The van der Waals surface area contributed by atoms with E-state index in [2.05, 4.69) is 10.0 Å². The molecule has 0 bridgehead atoms. The van der Waals surface area contributed by atoms with Crippen LogP contribution in [0.2, 0.25) is 0 Å². The highest BCUT2D eigenvalue weighted by molar-refractivity contribution is 7.89. The second kappa shape index (κ2) is 9.06. The van der Waals surface area contributed by atoms with Gasteiger partial charge in [0.2, 0.25) is 21.8 Å². The Balaban J connectivity index is 1.47.